The number of benzene rings is 1. The number of hydrogen-bond acceptors (Lipinski definition) is 7. The van der Waals surface area contributed by atoms with E-state index in [9.17, 15) is 19.8 Å². The van der Waals surface area contributed by atoms with E-state index in [2.05, 4.69) is 5.32 Å². The molecule has 0 aliphatic heterocycles. The van der Waals surface area contributed by atoms with E-state index in [4.69, 9.17) is 21.4 Å². The molecule has 1 rings (SSSR count). The Balaban J connectivity index is 0.00000153. The standard InChI is InChI=1S/C16H25N3O4.C2H4O2/c17-8-7-12(20)3-1-2-4-15(18)19-16(23)10-11-5-6-13(21)14(22)9-11;1-2(3)4/h5-6,9,15,21-22H,1-4,7-8,10,17-18H2,(H,19,23);1H3,(H,3,4). The third kappa shape index (κ3) is 13.2. The van der Waals surface area contributed by atoms with Gasteiger partial charge in [0.25, 0.3) is 5.97 Å². The van der Waals surface area contributed by atoms with Crippen molar-refractivity contribution in [1.29, 1.82) is 0 Å². The minimum Gasteiger partial charge on any atom is -0.504 e. The van der Waals surface area contributed by atoms with Gasteiger partial charge < -0.3 is 32.1 Å². The number of phenolic OH excluding ortho intramolecular Hbond substituents is 2. The summed E-state index contributed by atoms with van der Waals surface area (Å²) < 4.78 is 0. The van der Waals surface area contributed by atoms with Crippen molar-refractivity contribution >= 4 is 17.7 Å². The highest BCUT2D eigenvalue weighted by atomic mass is 16.4. The van der Waals surface area contributed by atoms with Crippen molar-refractivity contribution in [3.8, 4) is 11.5 Å². The van der Waals surface area contributed by atoms with Crippen LogP contribution in [0.1, 0.15) is 44.6 Å². The number of carbonyl (C=O) groups is 3. The van der Waals surface area contributed by atoms with E-state index in [0.717, 1.165) is 19.8 Å². The summed E-state index contributed by atoms with van der Waals surface area (Å²) in [4.78, 5) is 32.1. The number of nitrogens with one attached hydrogen (secondary N) is 1. The summed E-state index contributed by atoms with van der Waals surface area (Å²) in [5.41, 5.74) is 11.7. The summed E-state index contributed by atoms with van der Waals surface area (Å²) in [5, 5.41) is 28.7. The normalized spacial score (nSPS) is 11.1. The molecule has 0 aromatic heterocycles. The summed E-state index contributed by atoms with van der Waals surface area (Å²) in [6, 6.07) is 4.23. The first-order valence-electron chi connectivity index (χ1n) is 8.62. The molecule has 0 spiro atoms. The number of nitrogens with two attached hydrogens (primary N) is 2. The van der Waals surface area contributed by atoms with E-state index >= 15 is 0 Å². The van der Waals surface area contributed by atoms with Crippen molar-refractivity contribution < 1.29 is 29.7 Å². The van der Waals surface area contributed by atoms with E-state index in [1.807, 2.05) is 0 Å². The van der Waals surface area contributed by atoms with Crippen LogP contribution in [0.25, 0.3) is 0 Å². The average molecular weight is 383 g/mol. The molecule has 152 valence electrons. The fourth-order valence-electron chi connectivity index (χ4n) is 2.17. The molecule has 0 saturated heterocycles. The second-order valence-corrected chi connectivity index (χ2v) is 6.02. The fourth-order valence-corrected chi connectivity index (χ4v) is 2.17. The molecule has 1 aromatic carbocycles. The second-order valence-electron chi connectivity index (χ2n) is 6.02. The van der Waals surface area contributed by atoms with Crippen molar-refractivity contribution in [2.24, 2.45) is 11.5 Å². The van der Waals surface area contributed by atoms with Crippen LogP contribution in [0.4, 0.5) is 0 Å². The Hall–Kier alpha value is -2.65. The molecule has 27 heavy (non-hydrogen) atoms. The van der Waals surface area contributed by atoms with Crippen molar-refractivity contribution in [3.63, 3.8) is 0 Å². The lowest BCUT2D eigenvalue weighted by Crippen LogP contribution is -2.42. The highest BCUT2D eigenvalue weighted by molar-refractivity contribution is 5.79. The van der Waals surface area contributed by atoms with Gasteiger partial charge in [-0.2, -0.15) is 0 Å². The predicted molar refractivity (Wildman–Crippen MR) is 100 cm³/mol. The van der Waals surface area contributed by atoms with Gasteiger partial charge in [0.2, 0.25) is 5.91 Å². The SMILES string of the molecule is CC(=O)O.NCCC(=O)CCCCC(N)NC(=O)Cc1ccc(O)c(O)c1. The molecule has 1 aromatic rings. The second kappa shape index (κ2) is 13.5. The van der Waals surface area contributed by atoms with Crippen molar-refractivity contribution in [1.82, 2.24) is 5.32 Å². The number of carboxylic acid groups (broad SMARTS) is 1. The zero-order valence-corrected chi connectivity index (χ0v) is 15.5. The number of unbranched alkanes of at least 4 members (excludes halogenated alkanes) is 1. The molecule has 9 heteroatoms. The van der Waals surface area contributed by atoms with Crippen LogP contribution in [-0.2, 0) is 20.8 Å². The number of phenols is 2. The van der Waals surface area contributed by atoms with Gasteiger partial charge >= 0.3 is 0 Å². The maximum Gasteiger partial charge on any atom is 0.300 e. The van der Waals surface area contributed by atoms with Crippen LogP contribution < -0.4 is 16.8 Å². The number of ketones is 1. The Morgan fingerprint density at radius 2 is 1.74 bits per heavy atom. The molecule has 1 atom stereocenters. The number of carboxylic acids is 1. The van der Waals surface area contributed by atoms with E-state index in [0.29, 0.717) is 31.4 Å². The Bertz CT molecular complexity index is 617. The van der Waals surface area contributed by atoms with Crippen LogP contribution in [-0.4, -0.2) is 45.7 Å². The van der Waals surface area contributed by atoms with Crippen LogP contribution >= 0.6 is 0 Å². The summed E-state index contributed by atoms with van der Waals surface area (Å²) in [6.45, 7) is 1.46. The molecule has 0 bridgehead atoms. The molecular weight excluding hydrogens is 354 g/mol. The third-order valence-corrected chi connectivity index (χ3v) is 3.39. The number of Topliss-reactive ketones (excluding diaryl/α,β-unsaturated/α-hetero) is 1. The number of aromatic hydroxyl groups is 2. The molecule has 0 heterocycles. The van der Waals surface area contributed by atoms with E-state index in [-0.39, 0.29) is 29.6 Å². The van der Waals surface area contributed by atoms with Gasteiger partial charge in [0.15, 0.2) is 11.5 Å². The molecular formula is C18H29N3O6. The summed E-state index contributed by atoms with van der Waals surface area (Å²) >= 11 is 0. The quantitative estimate of drug-likeness (QED) is 0.193. The van der Waals surface area contributed by atoms with Crippen LogP contribution in [0.5, 0.6) is 11.5 Å². The van der Waals surface area contributed by atoms with Gasteiger partial charge in [0.05, 0.1) is 12.6 Å². The van der Waals surface area contributed by atoms with Crippen LogP contribution in [0, 0.1) is 0 Å². The maximum absolute atomic E-state index is 11.8. The Morgan fingerprint density at radius 1 is 1.11 bits per heavy atom. The van der Waals surface area contributed by atoms with Gasteiger partial charge in [0.1, 0.15) is 5.78 Å². The zero-order chi connectivity index (χ0) is 20.8. The largest absolute Gasteiger partial charge is 0.504 e. The molecule has 1 amide bonds. The van der Waals surface area contributed by atoms with Crippen LogP contribution in [0.2, 0.25) is 0 Å². The van der Waals surface area contributed by atoms with Gasteiger partial charge in [-0.15, -0.1) is 0 Å². The van der Waals surface area contributed by atoms with Gasteiger partial charge in [-0.1, -0.05) is 6.07 Å². The summed E-state index contributed by atoms with van der Waals surface area (Å²) in [7, 11) is 0. The first-order chi connectivity index (χ1) is 12.6. The van der Waals surface area contributed by atoms with E-state index in [1.54, 1.807) is 6.07 Å². The average Bonchev–Trinajstić information content (AvgIpc) is 2.55. The predicted octanol–water partition coefficient (Wildman–Crippen LogP) is 0.611. The number of hydrogen-bond donors (Lipinski definition) is 6. The molecule has 0 aliphatic rings. The first-order valence-corrected chi connectivity index (χ1v) is 8.62. The zero-order valence-electron chi connectivity index (χ0n) is 15.5. The molecule has 0 radical (unpaired) electrons. The maximum atomic E-state index is 11.8. The van der Waals surface area contributed by atoms with Gasteiger partial charge in [0, 0.05) is 19.8 Å². The minimum absolute atomic E-state index is 0.0660. The molecule has 0 saturated carbocycles. The van der Waals surface area contributed by atoms with Crippen molar-refractivity contribution in [2.45, 2.75) is 51.6 Å². The van der Waals surface area contributed by atoms with Crippen LogP contribution in [0.3, 0.4) is 0 Å². The lowest BCUT2D eigenvalue weighted by Gasteiger charge is -2.14. The number of amides is 1. The Morgan fingerprint density at radius 3 is 2.30 bits per heavy atom. The van der Waals surface area contributed by atoms with E-state index in [1.165, 1.54) is 12.1 Å². The lowest BCUT2D eigenvalue weighted by atomic mass is 10.1. The first kappa shape index (κ1) is 24.4. The van der Waals surface area contributed by atoms with Gasteiger partial charge in [-0.05, 0) is 43.5 Å². The summed E-state index contributed by atoms with van der Waals surface area (Å²) in [5.74, 6) is -1.43. The fraction of sp³-hybridized carbons (Fsp3) is 0.500. The van der Waals surface area contributed by atoms with E-state index < -0.39 is 12.1 Å². The summed E-state index contributed by atoms with van der Waals surface area (Å²) in [6.07, 6.45) is 2.55. The highest BCUT2D eigenvalue weighted by Crippen LogP contribution is 2.24. The van der Waals surface area contributed by atoms with Crippen molar-refractivity contribution in [3.05, 3.63) is 23.8 Å². The van der Waals surface area contributed by atoms with Crippen LogP contribution in [0.15, 0.2) is 18.2 Å². The lowest BCUT2D eigenvalue weighted by molar-refractivity contribution is -0.134. The topological polar surface area (TPSA) is 176 Å². The number of carbonyl (C=O) groups excluding carboxylic acids is 2. The molecule has 0 aliphatic carbocycles. The number of aliphatic carboxylic acids is 1. The minimum atomic E-state index is -0.833. The third-order valence-electron chi connectivity index (χ3n) is 3.39. The highest BCUT2D eigenvalue weighted by Gasteiger charge is 2.10. The van der Waals surface area contributed by atoms with Gasteiger partial charge in [-0.3, -0.25) is 14.4 Å². The van der Waals surface area contributed by atoms with Gasteiger partial charge in [-0.25, -0.2) is 0 Å². The number of rotatable bonds is 10. The molecule has 1 unspecified atom stereocenters. The Labute approximate surface area is 158 Å². The Kier molecular flexibility index (Phi) is 12.2. The molecule has 8 N–H and O–H groups in total. The monoisotopic (exact) mass is 383 g/mol. The van der Waals surface area contributed by atoms with Crippen molar-refractivity contribution in [2.75, 3.05) is 6.54 Å². The smallest absolute Gasteiger partial charge is 0.300 e. The molecule has 9 nitrogen and oxygen atoms in total. The molecule has 0 fully saturated rings.